The lowest BCUT2D eigenvalue weighted by Crippen LogP contribution is -2.41. The number of hydrogen-bond acceptors (Lipinski definition) is 3. The van der Waals surface area contributed by atoms with Gasteiger partial charge in [0.2, 0.25) is 0 Å². The summed E-state index contributed by atoms with van der Waals surface area (Å²) in [6.45, 7) is 4.60. The minimum atomic E-state index is -0.165. The molecule has 2 aromatic carbocycles. The highest BCUT2D eigenvalue weighted by Crippen LogP contribution is 2.09. The summed E-state index contributed by atoms with van der Waals surface area (Å²) in [5, 5.41) is 18.5. The summed E-state index contributed by atoms with van der Waals surface area (Å²) in [5.41, 5.74) is 1.84. The highest BCUT2D eigenvalue weighted by molar-refractivity contribution is 5.94. The van der Waals surface area contributed by atoms with Crippen molar-refractivity contribution in [3.05, 3.63) is 65.7 Å². The minimum Gasteiger partial charge on any atom is -0.508 e. The van der Waals surface area contributed by atoms with Crippen LogP contribution in [0.3, 0.4) is 0 Å². The third-order valence-corrected chi connectivity index (χ3v) is 3.91. The summed E-state index contributed by atoms with van der Waals surface area (Å²) in [4.78, 5) is 16.6. The number of nitrogens with one attached hydrogen (secondary N) is 3. The number of aromatic hydroxyl groups is 1. The second kappa shape index (κ2) is 11.6. The number of phenolic OH excluding ortho intramolecular Hbond substituents is 1. The van der Waals surface area contributed by atoms with Gasteiger partial charge in [0.1, 0.15) is 5.75 Å². The largest absolute Gasteiger partial charge is 0.508 e. The van der Waals surface area contributed by atoms with E-state index in [0.717, 1.165) is 31.9 Å². The molecule has 1 amide bonds. The molecule has 0 aliphatic heterocycles. The number of guanidine groups is 1. The number of carbonyl (C=O) groups is 1. The van der Waals surface area contributed by atoms with E-state index in [1.54, 1.807) is 12.1 Å². The molecule has 6 nitrogen and oxygen atoms in total. The maximum absolute atomic E-state index is 12.0. The third kappa shape index (κ3) is 7.81. The van der Waals surface area contributed by atoms with E-state index >= 15 is 0 Å². The van der Waals surface area contributed by atoms with E-state index in [0.29, 0.717) is 18.7 Å². The van der Waals surface area contributed by atoms with Gasteiger partial charge in [-0.15, -0.1) is 0 Å². The van der Waals surface area contributed by atoms with E-state index in [4.69, 9.17) is 0 Å². The molecule has 0 aliphatic rings. The van der Waals surface area contributed by atoms with Crippen molar-refractivity contribution in [3.63, 3.8) is 0 Å². The summed E-state index contributed by atoms with van der Waals surface area (Å²) in [6, 6.07) is 16.6. The van der Waals surface area contributed by atoms with Gasteiger partial charge in [-0.1, -0.05) is 30.3 Å². The van der Waals surface area contributed by atoms with Crippen molar-refractivity contribution in [3.8, 4) is 5.75 Å². The first-order chi connectivity index (χ1) is 13.2. The van der Waals surface area contributed by atoms with Crippen molar-refractivity contribution in [2.75, 3.05) is 26.2 Å². The predicted molar refractivity (Wildman–Crippen MR) is 109 cm³/mol. The summed E-state index contributed by atoms with van der Waals surface area (Å²) in [5.74, 6) is 0.734. The first kappa shape index (κ1) is 20.3. The van der Waals surface area contributed by atoms with Gasteiger partial charge < -0.3 is 21.1 Å². The molecule has 0 atom stereocenters. The van der Waals surface area contributed by atoms with Crippen LogP contribution >= 0.6 is 0 Å². The number of benzene rings is 2. The normalized spacial score (nSPS) is 11.1. The van der Waals surface area contributed by atoms with Crippen molar-refractivity contribution in [2.45, 2.75) is 19.8 Å². The molecule has 27 heavy (non-hydrogen) atoms. The fourth-order valence-corrected chi connectivity index (χ4v) is 2.53. The predicted octanol–water partition coefficient (Wildman–Crippen LogP) is 2.31. The quantitative estimate of drug-likeness (QED) is 0.311. The number of amides is 1. The second-order valence-corrected chi connectivity index (χ2v) is 6.08. The standard InChI is InChI=1S/C21H28N4O2/c1-2-22-21(24-14-6-9-17-7-4-3-5-8-17)25-16-15-23-20(27)18-10-12-19(26)13-11-18/h3-5,7-8,10-13,26H,2,6,9,14-16H2,1H3,(H,23,27)(H2,22,24,25). The van der Waals surface area contributed by atoms with Crippen LogP contribution in [0.15, 0.2) is 59.6 Å². The monoisotopic (exact) mass is 368 g/mol. The van der Waals surface area contributed by atoms with Crippen LogP contribution in [0.25, 0.3) is 0 Å². The highest BCUT2D eigenvalue weighted by Gasteiger charge is 2.04. The molecule has 0 heterocycles. The number of aryl methyl sites for hydroxylation is 1. The van der Waals surface area contributed by atoms with Gasteiger partial charge in [0, 0.05) is 31.7 Å². The molecule has 0 unspecified atom stereocenters. The Bertz CT molecular complexity index is 715. The average Bonchev–Trinajstić information content (AvgIpc) is 2.69. The van der Waals surface area contributed by atoms with E-state index in [1.165, 1.54) is 17.7 Å². The number of nitrogens with zero attached hydrogens (tertiary/aromatic N) is 1. The molecule has 4 N–H and O–H groups in total. The smallest absolute Gasteiger partial charge is 0.251 e. The summed E-state index contributed by atoms with van der Waals surface area (Å²) < 4.78 is 0. The number of carbonyl (C=O) groups excluding carboxylic acids is 1. The van der Waals surface area contributed by atoms with Gasteiger partial charge in [-0.25, -0.2) is 0 Å². The van der Waals surface area contributed by atoms with E-state index in [1.807, 2.05) is 13.0 Å². The van der Waals surface area contributed by atoms with Crippen molar-refractivity contribution in [2.24, 2.45) is 4.99 Å². The maximum atomic E-state index is 12.0. The highest BCUT2D eigenvalue weighted by atomic mass is 16.3. The van der Waals surface area contributed by atoms with E-state index in [9.17, 15) is 9.90 Å². The SMILES string of the molecule is CCNC(=NCCCc1ccccc1)NCCNC(=O)c1ccc(O)cc1. The number of hydrogen-bond donors (Lipinski definition) is 4. The van der Waals surface area contributed by atoms with Crippen LogP contribution in [0.1, 0.15) is 29.3 Å². The fraction of sp³-hybridized carbons (Fsp3) is 0.333. The van der Waals surface area contributed by atoms with Crippen LogP contribution < -0.4 is 16.0 Å². The molecule has 0 aliphatic carbocycles. The molecule has 0 bridgehead atoms. The molecular weight excluding hydrogens is 340 g/mol. The zero-order valence-corrected chi connectivity index (χ0v) is 15.7. The Labute approximate surface area is 160 Å². The fourth-order valence-electron chi connectivity index (χ4n) is 2.53. The van der Waals surface area contributed by atoms with E-state index < -0.39 is 0 Å². The Hall–Kier alpha value is -3.02. The average molecular weight is 368 g/mol. The zero-order chi connectivity index (χ0) is 19.3. The van der Waals surface area contributed by atoms with E-state index in [2.05, 4.69) is 45.2 Å². The molecule has 144 valence electrons. The van der Waals surface area contributed by atoms with Crippen molar-refractivity contribution in [1.29, 1.82) is 0 Å². The second-order valence-electron chi connectivity index (χ2n) is 6.08. The first-order valence-corrected chi connectivity index (χ1v) is 9.32. The maximum Gasteiger partial charge on any atom is 0.251 e. The molecular formula is C21H28N4O2. The Morgan fingerprint density at radius 1 is 0.963 bits per heavy atom. The zero-order valence-electron chi connectivity index (χ0n) is 15.7. The number of phenols is 1. The molecule has 0 saturated heterocycles. The van der Waals surface area contributed by atoms with Gasteiger partial charge in [0.25, 0.3) is 5.91 Å². The molecule has 2 aromatic rings. The Morgan fingerprint density at radius 3 is 2.37 bits per heavy atom. The van der Waals surface area contributed by atoms with Gasteiger partial charge in [0.15, 0.2) is 5.96 Å². The summed E-state index contributed by atoms with van der Waals surface area (Å²) in [6.07, 6.45) is 1.99. The van der Waals surface area contributed by atoms with E-state index in [-0.39, 0.29) is 11.7 Å². The molecule has 0 aromatic heterocycles. The molecule has 2 rings (SSSR count). The number of rotatable bonds is 9. The topological polar surface area (TPSA) is 85.8 Å². The molecule has 0 saturated carbocycles. The van der Waals surface area contributed by atoms with Gasteiger partial charge in [-0.2, -0.15) is 0 Å². The summed E-state index contributed by atoms with van der Waals surface area (Å²) >= 11 is 0. The Kier molecular flexibility index (Phi) is 8.69. The third-order valence-electron chi connectivity index (χ3n) is 3.91. The lowest BCUT2D eigenvalue weighted by molar-refractivity contribution is 0.0954. The van der Waals surface area contributed by atoms with Crippen molar-refractivity contribution >= 4 is 11.9 Å². The molecule has 0 spiro atoms. The lowest BCUT2D eigenvalue weighted by atomic mass is 10.1. The summed E-state index contributed by atoms with van der Waals surface area (Å²) in [7, 11) is 0. The minimum absolute atomic E-state index is 0.145. The Balaban J connectivity index is 1.68. The molecule has 0 fully saturated rings. The van der Waals surface area contributed by atoms with Crippen LogP contribution in [0.4, 0.5) is 0 Å². The van der Waals surface area contributed by atoms with Crippen molar-refractivity contribution in [1.82, 2.24) is 16.0 Å². The van der Waals surface area contributed by atoms with Crippen LogP contribution in [0.2, 0.25) is 0 Å². The van der Waals surface area contributed by atoms with Gasteiger partial charge in [-0.3, -0.25) is 9.79 Å². The lowest BCUT2D eigenvalue weighted by Gasteiger charge is -2.12. The van der Waals surface area contributed by atoms with Crippen molar-refractivity contribution < 1.29 is 9.90 Å². The van der Waals surface area contributed by atoms with Crippen LogP contribution in [-0.4, -0.2) is 43.2 Å². The van der Waals surface area contributed by atoms with Crippen LogP contribution in [0.5, 0.6) is 5.75 Å². The van der Waals surface area contributed by atoms with Gasteiger partial charge in [0.05, 0.1) is 0 Å². The first-order valence-electron chi connectivity index (χ1n) is 9.32. The molecule has 6 heteroatoms. The van der Waals surface area contributed by atoms with Crippen LogP contribution in [0, 0.1) is 0 Å². The Morgan fingerprint density at radius 2 is 1.67 bits per heavy atom. The van der Waals surface area contributed by atoms with Gasteiger partial charge in [-0.05, 0) is 49.6 Å². The van der Waals surface area contributed by atoms with Gasteiger partial charge >= 0.3 is 0 Å². The van der Waals surface area contributed by atoms with Crippen LogP contribution in [-0.2, 0) is 6.42 Å². The molecule has 0 radical (unpaired) electrons. The number of aliphatic imine (C=N–C) groups is 1.